The Hall–Kier alpha value is -1.85. The highest BCUT2D eigenvalue weighted by atomic mass is 16.5. The smallest absolute Gasteiger partial charge is 0.360 e. The van der Waals surface area contributed by atoms with Gasteiger partial charge in [-0.05, 0) is 26.2 Å². The van der Waals surface area contributed by atoms with E-state index in [1.807, 2.05) is 13.8 Å². The van der Waals surface area contributed by atoms with E-state index in [4.69, 9.17) is 4.42 Å². The third-order valence-electron chi connectivity index (χ3n) is 4.44. The maximum absolute atomic E-state index is 12.5. The first kappa shape index (κ1) is 17.5. The number of esters is 1. The van der Waals surface area contributed by atoms with E-state index in [-0.39, 0.29) is 24.2 Å². The Morgan fingerprint density at radius 3 is 2.70 bits per heavy atom. The van der Waals surface area contributed by atoms with Crippen LogP contribution in [0.5, 0.6) is 0 Å². The number of hydrogen-bond acceptors (Lipinski definition) is 5. The summed E-state index contributed by atoms with van der Waals surface area (Å²) in [5, 5.41) is 0. The van der Waals surface area contributed by atoms with Gasteiger partial charge in [-0.25, -0.2) is 9.78 Å². The van der Waals surface area contributed by atoms with Crippen LogP contribution in [-0.4, -0.2) is 34.9 Å². The van der Waals surface area contributed by atoms with Crippen LogP contribution in [0.15, 0.2) is 10.7 Å². The molecule has 0 bridgehead atoms. The quantitative estimate of drug-likeness (QED) is 0.721. The molecule has 0 atom stereocenters. The van der Waals surface area contributed by atoms with E-state index < -0.39 is 5.97 Å². The van der Waals surface area contributed by atoms with Crippen molar-refractivity contribution in [2.45, 2.75) is 65.0 Å². The first-order valence-electron chi connectivity index (χ1n) is 8.33. The van der Waals surface area contributed by atoms with Gasteiger partial charge in [0.15, 0.2) is 5.69 Å². The van der Waals surface area contributed by atoms with Gasteiger partial charge in [0.05, 0.1) is 13.7 Å². The van der Waals surface area contributed by atoms with E-state index in [0.717, 1.165) is 6.42 Å². The summed E-state index contributed by atoms with van der Waals surface area (Å²) in [5.74, 6) is 0.627. The molecule has 0 aromatic carbocycles. The molecule has 1 saturated carbocycles. The Balaban J connectivity index is 1.93. The van der Waals surface area contributed by atoms with Gasteiger partial charge in [0, 0.05) is 12.5 Å². The zero-order chi connectivity index (χ0) is 16.8. The summed E-state index contributed by atoms with van der Waals surface area (Å²) in [5.41, 5.74) is 0.129. The molecule has 6 heteroatoms. The van der Waals surface area contributed by atoms with Gasteiger partial charge in [0.2, 0.25) is 11.8 Å². The van der Waals surface area contributed by atoms with E-state index in [2.05, 4.69) is 9.72 Å². The number of rotatable bonds is 7. The zero-order valence-electron chi connectivity index (χ0n) is 14.2. The van der Waals surface area contributed by atoms with Gasteiger partial charge in [0.25, 0.3) is 0 Å². The third kappa shape index (κ3) is 4.81. The van der Waals surface area contributed by atoms with Crippen molar-refractivity contribution in [1.29, 1.82) is 0 Å². The second-order valence-corrected chi connectivity index (χ2v) is 6.42. The van der Waals surface area contributed by atoms with Crippen LogP contribution in [0, 0.1) is 5.92 Å². The summed E-state index contributed by atoms with van der Waals surface area (Å²) in [7, 11) is 1.30. The minimum Gasteiger partial charge on any atom is -0.464 e. The Kier molecular flexibility index (Phi) is 6.19. The molecule has 0 aliphatic heterocycles. The van der Waals surface area contributed by atoms with Crippen LogP contribution in [0.3, 0.4) is 0 Å². The Labute approximate surface area is 137 Å². The summed E-state index contributed by atoms with van der Waals surface area (Å²) in [4.78, 5) is 29.8. The second-order valence-electron chi connectivity index (χ2n) is 6.42. The van der Waals surface area contributed by atoms with Crippen LogP contribution in [-0.2, 0) is 16.1 Å². The number of ether oxygens (including phenoxy) is 1. The second kappa shape index (κ2) is 8.13. The van der Waals surface area contributed by atoms with Crippen molar-refractivity contribution in [3.63, 3.8) is 0 Å². The fraction of sp³-hybridized carbons (Fsp3) is 0.706. The molecule has 6 nitrogen and oxygen atoms in total. The van der Waals surface area contributed by atoms with Gasteiger partial charge in [-0.3, -0.25) is 4.79 Å². The van der Waals surface area contributed by atoms with Crippen LogP contribution in [0.25, 0.3) is 0 Å². The minimum atomic E-state index is -0.538. The number of carbonyl (C=O) groups excluding carboxylic acids is 2. The molecule has 0 saturated heterocycles. The van der Waals surface area contributed by atoms with Crippen molar-refractivity contribution in [3.05, 3.63) is 17.8 Å². The van der Waals surface area contributed by atoms with Crippen molar-refractivity contribution in [1.82, 2.24) is 9.88 Å². The molecule has 0 radical (unpaired) electrons. The molecule has 1 aromatic rings. The summed E-state index contributed by atoms with van der Waals surface area (Å²) in [6.07, 6.45) is 7.87. The minimum absolute atomic E-state index is 0.0551. The molecule has 1 aliphatic carbocycles. The van der Waals surface area contributed by atoms with Crippen molar-refractivity contribution in [2.24, 2.45) is 5.92 Å². The predicted molar refractivity (Wildman–Crippen MR) is 84.7 cm³/mol. The summed E-state index contributed by atoms with van der Waals surface area (Å²) in [6.45, 7) is 4.22. The number of aromatic nitrogens is 1. The van der Waals surface area contributed by atoms with E-state index in [9.17, 15) is 9.59 Å². The topological polar surface area (TPSA) is 72.6 Å². The largest absolute Gasteiger partial charge is 0.464 e. The number of hydrogen-bond donors (Lipinski definition) is 0. The lowest BCUT2D eigenvalue weighted by molar-refractivity contribution is -0.134. The maximum atomic E-state index is 12.5. The van der Waals surface area contributed by atoms with Crippen LogP contribution in [0.4, 0.5) is 0 Å². The lowest BCUT2D eigenvalue weighted by Gasteiger charge is -2.26. The fourth-order valence-electron chi connectivity index (χ4n) is 3.06. The SMILES string of the molecule is COC(=O)c1coc(CN(C(=O)CCC2CCCC2)C(C)C)n1. The third-order valence-corrected chi connectivity index (χ3v) is 4.44. The molecule has 1 amide bonds. The van der Waals surface area contributed by atoms with E-state index in [1.165, 1.54) is 39.1 Å². The lowest BCUT2D eigenvalue weighted by atomic mass is 10.0. The monoisotopic (exact) mass is 322 g/mol. The van der Waals surface area contributed by atoms with Gasteiger partial charge in [-0.15, -0.1) is 0 Å². The highest BCUT2D eigenvalue weighted by molar-refractivity contribution is 5.86. The molecule has 1 aromatic heterocycles. The summed E-state index contributed by atoms with van der Waals surface area (Å²) < 4.78 is 9.89. The average molecular weight is 322 g/mol. The number of oxazole rings is 1. The fourth-order valence-corrected chi connectivity index (χ4v) is 3.06. The molecule has 2 rings (SSSR count). The van der Waals surface area contributed by atoms with Crippen molar-refractivity contribution in [2.75, 3.05) is 7.11 Å². The number of nitrogens with zero attached hydrogens (tertiary/aromatic N) is 2. The average Bonchev–Trinajstić information content (AvgIpc) is 3.20. The van der Waals surface area contributed by atoms with Crippen LogP contribution < -0.4 is 0 Å². The van der Waals surface area contributed by atoms with Gasteiger partial charge in [-0.1, -0.05) is 25.7 Å². The normalized spacial score (nSPS) is 15.1. The van der Waals surface area contributed by atoms with Crippen LogP contribution in [0.2, 0.25) is 0 Å². The molecule has 0 unspecified atom stereocenters. The molecular weight excluding hydrogens is 296 g/mol. The molecule has 23 heavy (non-hydrogen) atoms. The van der Waals surface area contributed by atoms with Gasteiger partial charge >= 0.3 is 5.97 Å². The highest BCUT2D eigenvalue weighted by Gasteiger charge is 2.23. The standard InChI is InChI=1S/C17H26N2O4/c1-12(2)19(16(20)9-8-13-6-4-5-7-13)10-15-18-14(11-23-15)17(21)22-3/h11-13H,4-10H2,1-3H3. The summed E-state index contributed by atoms with van der Waals surface area (Å²) >= 11 is 0. The molecule has 1 aliphatic rings. The molecule has 0 spiro atoms. The first-order chi connectivity index (χ1) is 11.0. The van der Waals surface area contributed by atoms with Crippen molar-refractivity contribution < 1.29 is 18.7 Å². The van der Waals surface area contributed by atoms with E-state index >= 15 is 0 Å². The maximum Gasteiger partial charge on any atom is 0.360 e. The Bertz CT molecular complexity index is 532. The number of methoxy groups -OCH3 is 1. The van der Waals surface area contributed by atoms with Crippen molar-refractivity contribution in [3.8, 4) is 0 Å². The highest BCUT2D eigenvalue weighted by Crippen LogP contribution is 2.29. The number of carbonyl (C=O) groups is 2. The number of amides is 1. The van der Waals surface area contributed by atoms with E-state index in [1.54, 1.807) is 4.90 Å². The Morgan fingerprint density at radius 1 is 1.39 bits per heavy atom. The molecule has 0 N–H and O–H groups in total. The molecule has 1 fully saturated rings. The molecular formula is C17H26N2O4. The molecule has 1 heterocycles. The Morgan fingerprint density at radius 2 is 2.09 bits per heavy atom. The van der Waals surface area contributed by atoms with Crippen molar-refractivity contribution >= 4 is 11.9 Å². The predicted octanol–water partition coefficient (Wildman–Crippen LogP) is 3.17. The summed E-state index contributed by atoms with van der Waals surface area (Å²) in [6, 6.07) is 0.0551. The lowest BCUT2D eigenvalue weighted by Crippen LogP contribution is -2.36. The first-order valence-corrected chi connectivity index (χ1v) is 8.33. The van der Waals surface area contributed by atoms with Gasteiger partial charge in [-0.2, -0.15) is 0 Å². The van der Waals surface area contributed by atoms with Crippen LogP contribution in [0.1, 0.15) is 68.8 Å². The van der Waals surface area contributed by atoms with Gasteiger partial charge < -0.3 is 14.1 Å². The molecule has 128 valence electrons. The van der Waals surface area contributed by atoms with Gasteiger partial charge in [0.1, 0.15) is 6.26 Å². The van der Waals surface area contributed by atoms with Crippen LogP contribution >= 0.6 is 0 Å². The zero-order valence-corrected chi connectivity index (χ0v) is 14.2. The van der Waals surface area contributed by atoms with E-state index in [0.29, 0.717) is 18.2 Å².